The number of nitrogens with zero attached hydrogens (tertiary/aromatic N) is 1. The van der Waals surface area contributed by atoms with E-state index in [0.717, 1.165) is 39.0 Å². The molecule has 0 amide bonds. The van der Waals surface area contributed by atoms with E-state index < -0.39 is 0 Å². The summed E-state index contributed by atoms with van der Waals surface area (Å²) in [7, 11) is 0. The van der Waals surface area contributed by atoms with E-state index in [0.29, 0.717) is 6.04 Å². The van der Waals surface area contributed by atoms with Crippen LogP contribution in [-0.4, -0.2) is 37.1 Å². The Morgan fingerprint density at radius 3 is 2.76 bits per heavy atom. The van der Waals surface area contributed by atoms with E-state index in [1.54, 1.807) is 0 Å². The van der Waals surface area contributed by atoms with Crippen LogP contribution in [-0.2, 0) is 0 Å². The second-order valence-electron chi connectivity index (χ2n) is 5.82. The summed E-state index contributed by atoms with van der Waals surface area (Å²) in [4.78, 5) is 2.57. The molecule has 1 N–H and O–H groups in total. The highest BCUT2D eigenvalue weighted by atomic mass is 15.2. The molecule has 21 heavy (non-hydrogen) atoms. The van der Waals surface area contributed by atoms with Crippen LogP contribution in [0.5, 0.6) is 0 Å². The molecule has 0 aromatic rings. The Kier molecular flexibility index (Phi) is 9.04. The maximum Gasteiger partial charge on any atom is 0.0235 e. The molecule has 1 unspecified atom stereocenters. The molecule has 1 saturated heterocycles. The maximum atomic E-state index is 3.66. The van der Waals surface area contributed by atoms with Crippen LogP contribution in [0.1, 0.15) is 40.5 Å². The van der Waals surface area contributed by atoms with Gasteiger partial charge in [-0.3, -0.25) is 4.90 Å². The van der Waals surface area contributed by atoms with Gasteiger partial charge in [-0.25, -0.2) is 0 Å². The summed E-state index contributed by atoms with van der Waals surface area (Å²) in [6.07, 6.45) is 15.4. The fourth-order valence-corrected chi connectivity index (χ4v) is 2.82. The zero-order chi connectivity index (χ0) is 15.5. The van der Waals surface area contributed by atoms with Gasteiger partial charge in [-0.15, -0.1) is 0 Å². The lowest BCUT2D eigenvalue weighted by Gasteiger charge is -2.34. The first-order valence-corrected chi connectivity index (χ1v) is 8.25. The van der Waals surface area contributed by atoms with E-state index >= 15 is 0 Å². The number of hydrogen-bond acceptors (Lipinski definition) is 2. The first-order chi connectivity index (χ1) is 10.2. The molecule has 0 radical (unpaired) electrons. The molecule has 1 rings (SSSR count). The van der Waals surface area contributed by atoms with Crippen molar-refractivity contribution in [3.05, 3.63) is 47.6 Å². The Balaban J connectivity index is 2.53. The van der Waals surface area contributed by atoms with Crippen LogP contribution in [0.25, 0.3) is 0 Å². The molecule has 1 aliphatic rings. The normalized spacial score (nSPS) is 22.6. The molecule has 2 heteroatoms. The Bertz CT molecular complexity index is 402. The van der Waals surface area contributed by atoms with E-state index in [2.05, 4.69) is 74.4 Å². The van der Waals surface area contributed by atoms with E-state index in [1.165, 1.54) is 11.1 Å². The van der Waals surface area contributed by atoms with Crippen LogP contribution in [0.2, 0.25) is 0 Å². The number of piperazine rings is 1. The van der Waals surface area contributed by atoms with Gasteiger partial charge in [-0.05, 0) is 33.6 Å². The number of allylic oxidation sites excluding steroid dienone is 6. The minimum Gasteiger partial charge on any atom is -0.311 e. The summed E-state index contributed by atoms with van der Waals surface area (Å²) >= 11 is 0. The zero-order valence-corrected chi connectivity index (χ0v) is 14.2. The molecule has 118 valence electrons. The van der Waals surface area contributed by atoms with Crippen molar-refractivity contribution in [2.45, 2.75) is 46.6 Å². The van der Waals surface area contributed by atoms with Gasteiger partial charge in [0.05, 0.1) is 0 Å². The summed E-state index contributed by atoms with van der Waals surface area (Å²) < 4.78 is 0. The highest BCUT2D eigenvalue weighted by molar-refractivity contribution is 5.20. The van der Waals surface area contributed by atoms with Crippen LogP contribution in [0.15, 0.2) is 47.6 Å². The molecule has 0 bridgehead atoms. The summed E-state index contributed by atoms with van der Waals surface area (Å²) in [6.45, 7) is 13.1. The quantitative estimate of drug-likeness (QED) is 0.710. The fraction of sp³-hybridized carbons (Fsp3) is 0.579. The van der Waals surface area contributed by atoms with Gasteiger partial charge in [0, 0.05) is 32.2 Å². The molecule has 1 heterocycles. The third-order valence-electron chi connectivity index (χ3n) is 3.71. The minimum atomic E-state index is 0.572. The van der Waals surface area contributed by atoms with Gasteiger partial charge in [0.25, 0.3) is 0 Å². The summed E-state index contributed by atoms with van der Waals surface area (Å²) in [5.74, 6) is 0. The zero-order valence-electron chi connectivity index (χ0n) is 14.2. The van der Waals surface area contributed by atoms with Gasteiger partial charge in [0.2, 0.25) is 0 Å². The molecule has 1 aliphatic heterocycles. The third kappa shape index (κ3) is 7.45. The summed E-state index contributed by atoms with van der Waals surface area (Å²) in [6, 6.07) is 0.572. The Morgan fingerprint density at radius 1 is 1.29 bits per heavy atom. The molecule has 0 aromatic carbocycles. The van der Waals surface area contributed by atoms with Gasteiger partial charge < -0.3 is 5.32 Å². The molecule has 2 nitrogen and oxygen atoms in total. The van der Waals surface area contributed by atoms with Crippen molar-refractivity contribution in [2.24, 2.45) is 0 Å². The van der Waals surface area contributed by atoms with Crippen LogP contribution >= 0.6 is 0 Å². The van der Waals surface area contributed by atoms with Gasteiger partial charge in [-0.1, -0.05) is 54.5 Å². The summed E-state index contributed by atoms with van der Waals surface area (Å²) in [5, 5.41) is 3.66. The summed E-state index contributed by atoms with van der Waals surface area (Å²) in [5.41, 5.74) is 2.90. The maximum absolute atomic E-state index is 3.66. The Morgan fingerprint density at radius 2 is 2.10 bits per heavy atom. The van der Waals surface area contributed by atoms with Gasteiger partial charge in [0.15, 0.2) is 0 Å². The van der Waals surface area contributed by atoms with E-state index in [1.807, 2.05) is 0 Å². The average Bonchev–Trinajstić information content (AvgIpc) is 2.46. The van der Waals surface area contributed by atoms with Gasteiger partial charge >= 0.3 is 0 Å². The van der Waals surface area contributed by atoms with E-state index in [9.17, 15) is 0 Å². The second kappa shape index (κ2) is 10.6. The predicted molar refractivity (Wildman–Crippen MR) is 94.6 cm³/mol. The molecule has 0 spiro atoms. The monoisotopic (exact) mass is 288 g/mol. The Labute approximate surface area is 131 Å². The fourth-order valence-electron chi connectivity index (χ4n) is 2.82. The third-order valence-corrected chi connectivity index (χ3v) is 3.71. The van der Waals surface area contributed by atoms with Crippen LogP contribution in [0.4, 0.5) is 0 Å². The van der Waals surface area contributed by atoms with Crippen molar-refractivity contribution < 1.29 is 0 Å². The van der Waals surface area contributed by atoms with Crippen molar-refractivity contribution in [2.75, 3.05) is 26.2 Å². The number of hydrogen-bond donors (Lipinski definition) is 1. The Hall–Kier alpha value is -1.12. The molecular weight excluding hydrogens is 256 g/mol. The first-order valence-electron chi connectivity index (χ1n) is 8.25. The first kappa shape index (κ1) is 17.9. The SMILES string of the molecule is C/C=C\C=C(/C)CN1CCNC(CC(/C=C\C)=C/CC)C1. The molecule has 1 atom stereocenters. The van der Waals surface area contributed by atoms with Crippen molar-refractivity contribution in [3.8, 4) is 0 Å². The predicted octanol–water partition coefficient (Wildman–Crippen LogP) is 4.09. The molecular formula is C19H32N2. The van der Waals surface area contributed by atoms with Crippen molar-refractivity contribution in [1.82, 2.24) is 10.2 Å². The second-order valence-corrected chi connectivity index (χ2v) is 5.82. The van der Waals surface area contributed by atoms with Gasteiger partial charge in [-0.2, -0.15) is 0 Å². The van der Waals surface area contributed by atoms with Crippen LogP contribution in [0.3, 0.4) is 0 Å². The molecule has 1 fully saturated rings. The van der Waals surface area contributed by atoms with Crippen molar-refractivity contribution >= 4 is 0 Å². The topological polar surface area (TPSA) is 15.3 Å². The number of rotatable bonds is 7. The standard InChI is InChI=1S/C19H32N2/c1-5-8-11-17(4)15-21-13-12-20-19(16-21)14-18(9-6-2)10-7-3/h5-6,8-11,19-20H,7,12-16H2,1-4H3/b8-5-,9-6-,17-11+,18-10+. The molecule has 0 aliphatic carbocycles. The van der Waals surface area contributed by atoms with Crippen LogP contribution < -0.4 is 5.32 Å². The lowest BCUT2D eigenvalue weighted by atomic mass is 10.0. The minimum absolute atomic E-state index is 0.572. The van der Waals surface area contributed by atoms with Crippen molar-refractivity contribution in [1.29, 1.82) is 0 Å². The lowest BCUT2D eigenvalue weighted by molar-refractivity contribution is 0.214. The van der Waals surface area contributed by atoms with E-state index in [4.69, 9.17) is 0 Å². The molecule has 0 aromatic heterocycles. The lowest BCUT2D eigenvalue weighted by Crippen LogP contribution is -2.51. The smallest absolute Gasteiger partial charge is 0.0235 e. The molecule has 0 saturated carbocycles. The number of nitrogens with one attached hydrogen (secondary N) is 1. The highest BCUT2D eigenvalue weighted by Crippen LogP contribution is 2.13. The van der Waals surface area contributed by atoms with Crippen LogP contribution in [0, 0.1) is 0 Å². The van der Waals surface area contributed by atoms with Crippen molar-refractivity contribution in [3.63, 3.8) is 0 Å². The average molecular weight is 288 g/mol. The van der Waals surface area contributed by atoms with Gasteiger partial charge in [0.1, 0.15) is 0 Å². The highest BCUT2D eigenvalue weighted by Gasteiger charge is 2.19. The van der Waals surface area contributed by atoms with E-state index in [-0.39, 0.29) is 0 Å². The largest absolute Gasteiger partial charge is 0.311 e.